The van der Waals surface area contributed by atoms with Gasteiger partial charge in [0.25, 0.3) is 0 Å². The minimum Gasteiger partial charge on any atom is -1.00 e. The fraction of sp³-hybridized carbons (Fsp3) is 0. The summed E-state index contributed by atoms with van der Waals surface area (Å²) in [5.74, 6) is -0.495. The summed E-state index contributed by atoms with van der Waals surface area (Å²) in [5.41, 5.74) is 9.09. The maximum absolute atomic E-state index is 12.5. The van der Waals surface area contributed by atoms with Crippen molar-refractivity contribution >= 4 is 113 Å². The fourth-order valence-electron chi connectivity index (χ4n) is 6.64. The number of hydrogen-bond acceptors (Lipinski definition) is 8. The minimum absolute atomic E-state index is 0. The molecule has 6 aromatic carbocycles. The summed E-state index contributed by atoms with van der Waals surface area (Å²) in [4.78, 5) is 33.6. The number of pyridine rings is 2. The summed E-state index contributed by atoms with van der Waals surface area (Å²) in [6.07, 6.45) is 2.94. The summed E-state index contributed by atoms with van der Waals surface area (Å²) in [5, 5.41) is 16.5. The summed E-state index contributed by atoms with van der Waals surface area (Å²) in [6, 6.07) is 46.1. The Morgan fingerprint density at radius 1 is 0.500 bits per heavy atom. The molecule has 0 saturated heterocycles. The first-order chi connectivity index (χ1) is 28.4. The zero-order valence-corrected chi connectivity index (χ0v) is 35.8. The Morgan fingerprint density at radius 3 is 1.29 bits per heavy atom. The van der Waals surface area contributed by atoms with Gasteiger partial charge in [-0.05, 0) is 70.1 Å². The van der Waals surface area contributed by atoms with Crippen LogP contribution in [0.15, 0.2) is 165 Å². The second-order valence-electron chi connectivity index (χ2n) is 13.1. The normalized spacial score (nSPS) is 10.9. The summed E-state index contributed by atoms with van der Waals surface area (Å²) >= 11 is 12.4. The van der Waals surface area contributed by atoms with Crippen molar-refractivity contribution in [2.24, 2.45) is 10.2 Å². The van der Waals surface area contributed by atoms with Gasteiger partial charge in [-0.2, -0.15) is 10.2 Å². The van der Waals surface area contributed by atoms with Gasteiger partial charge in [0.1, 0.15) is 21.5 Å². The largest absolute Gasteiger partial charge is 2.00 e. The molecule has 0 atom stereocenters. The number of benzene rings is 6. The molecule has 0 aliphatic carbocycles. The van der Waals surface area contributed by atoms with Crippen LogP contribution in [0.1, 0.15) is 32.2 Å². The van der Waals surface area contributed by atoms with Crippen molar-refractivity contribution in [2.75, 3.05) is 0 Å². The Kier molecular flexibility index (Phi) is 15.4. The van der Waals surface area contributed by atoms with Gasteiger partial charge >= 0.3 is 28.3 Å². The van der Waals surface area contributed by atoms with Gasteiger partial charge in [0, 0.05) is 32.7 Å². The average molecular weight is 947 g/mol. The minimum atomic E-state index is -0.439. The molecule has 62 heavy (non-hydrogen) atoms. The molecule has 0 aliphatic heterocycles. The van der Waals surface area contributed by atoms with Crippen LogP contribution < -0.4 is 35.7 Å². The molecule has 10 rings (SSSR count). The SMILES string of the molecule is O.O=C(N/N=C/c1cc2ccccc2nc1Cl)c1cc2c(ccc3ccccc32)o1.O=C(N/N=C/c1cc2ccccc2nc1Cl)c1cc2c(ccc3ccccc32)o1.[Cl-].[Cl-].[Ni+2]. The number of halogens is 4. The number of amides is 2. The fourth-order valence-corrected chi connectivity index (χ4v) is 7.03. The first kappa shape index (κ1) is 46.7. The van der Waals surface area contributed by atoms with Crippen LogP contribution in [-0.2, 0) is 16.5 Å². The molecule has 0 unspecified atom stereocenters. The Balaban J connectivity index is 0.000000220. The van der Waals surface area contributed by atoms with Crippen molar-refractivity contribution in [3.05, 3.63) is 179 Å². The number of nitrogens with zero attached hydrogens (tertiary/aromatic N) is 4. The summed E-state index contributed by atoms with van der Waals surface area (Å²) < 4.78 is 11.4. The van der Waals surface area contributed by atoms with Crippen molar-refractivity contribution in [1.82, 2.24) is 20.8 Å². The predicted molar refractivity (Wildman–Crippen MR) is 235 cm³/mol. The van der Waals surface area contributed by atoms with Gasteiger partial charge in [0.2, 0.25) is 0 Å². The van der Waals surface area contributed by atoms with E-state index in [0.717, 1.165) is 54.1 Å². The molecule has 4 heterocycles. The molecular formula is C46H30Cl4N6NiO5. The zero-order valence-electron chi connectivity index (χ0n) is 31.8. The van der Waals surface area contributed by atoms with Crippen LogP contribution >= 0.6 is 23.2 Å². The van der Waals surface area contributed by atoms with E-state index in [2.05, 4.69) is 31.0 Å². The van der Waals surface area contributed by atoms with Gasteiger partial charge in [-0.1, -0.05) is 120 Å². The second kappa shape index (κ2) is 20.5. The molecule has 16 heteroatoms. The van der Waals surface area contributed by atoms with Crippen LogP contribution in [-0.4, -0.2) is 39.7 Å². The number of carbonyl (C=O) groups excluding carboxylic acids is 2. The molecule has 0 radical (unpaired) electrons. The van der Waals surface area contributed by atoms with Crippen LogP contribution in [0.25, 0.3) is 65.3 Å². The van der Waals surface area contributed by atoms with Crippen molar-refractivity contribution in [1.29, 1.82) is 0 Å². The third kappa shape index (κ3) is 9.72. The third-order valence-corrected chi connectivity index (χ3v) is 10.1. The monoisotopic (exact) mass is 944 g/mol. The van der Waals surface area contributed by atoms with Crippen LogP contribution in [0.3, 0.4) is 0 Å². The van der Waals surface area contributed by atoms with Crippen LogP contribution in [0.2, 0.25) is 10.3 Å². The van der Waals surface area contributed by atoms with Crippen LogP contribution in [0, 0.1) is 0 Å². The van der Waals surface area contributed by atoms with Crippen LogP contribution in [0.5, 0.6) is 0 Å². The molecule has 0 bridgehead atoms. The number of carbonyl (C=O) groups is 2. The molecule has 0 fully saturated rings. The molecule has 4 aromatic heterocycles. The van der Waals surface area contributed by atoms with E-state index in [0.29, 0.717) is 32.6 Å². The summed E-state index contributed by atoms with van der Waals surface area (Å²) in [6.45, 7) is 0. The van der Waals surface area contributed by atoms with E-state index in [4.69, 9.17) is 32.0 Å². The summed E-state index contributed by atoms with van der Waals surface area (Å²) in [7, 11) is 0. The van der Waals surface area contributed by atoms with Crippen molar-refractivity contribution < 1.29 is 65.2 Å². The van der Waals surface area contributed by atoms with E-state index in [-0.39, 0.29) is 58.3 Å². The van der Waals surface area contributed by atoms with E-state index in [9.17, 15) is 9.59 Å². The predicted octanol–water partition coefficient (Wildman–Crippen LogP) is 4.28. The van der Waals surface area contributed by atoms with Gasteiger partial charge in [-0.15, -0.1) is 0 Å². The third-order valence-electron chi connectivity index (χ3n) is 9.45. The van der Waals surface area contributed by atoms with Gasteiger partial charge in [0.05, 0.1) is 23.5 Å². The van der Waals surface area contributed by atoms with Gasteiger partial charge in [0.15, 0.2) is 11.5 Å². The first-order valence-electron chi connectivity index (χ1n) is 18.0. The number of aromatic nitrogens is 2. The number of rotatable bonds is 6. The topological polar surface area (TPSA) is 166 Å². The Morgan fingerprint density at radius 2 is 0.871 bits per heavy atom. The molecule has 0 spiro atoms. The Labute approximate surface area is 385 Å². The van der Waals surface area contributed by atoms with E-state index >= 15 is 0 Å². The number of hydrazone groups is 2. The number of furan rings is 2. The first-order valence-corrected chi connectivity index (χ1v) is 18.7. The maximum Gasteiger partial charge on any atom is 2.00 e. The molecule has 0 aliphatic rings. The van der Waals surface area contributed by atoms with E-state index in [1.165, 1.54) is 12.4 Å². The van der Waals surface area contributed by atoms with Gasteiger partial charge in [-0.25, -0.2) is 20.8 Å². The molecule has 312 valence electrons. The second-order valence-corrected chi connectivity index (χ2v) is 13.9. The standard InChI is InChI=1S/2C23H14ClN3O2.2ClH.Ni.H2O/c2*24-22-16(11-15-6-2-4-8-19(15)26-22)13-25-27-23(28)21-12-18-17-7-3-1-5-14(17)9-10-20(18)29-21;;;;/h2*1-13H,(H,27,28);2*1H;;1H2/q;;;;+2;/p-2/b2*25-13+;;;;. The molecule has 0 saturated carbocycles. The molecule has 4 N–H and O–H groups in total. The molecule has 2 amide bonds. The number of para-hydroxylation sites is 2. The Bertz CT molecular complexity index is 3080. The van der Waals surface area contributed by atoms with Crippen molar-refractivity contribution in [3.8, 4) is 0 Å². The number of nitrogens with one attached hydrogen (secondary N) is 2. The maximum atomic E-state index is 12.5. The zero-order chi connectivity index (χ0) is 39.6. The smallest absolute Gasteiger partial charge is 1.00 e. The quantitative estimate of drug-likeness (QED) is 0.109. The Hall–Kier alpha value is -6.37. The van der Waals surface area contributed by atoms with E-state index < -0.39 is 11.8 Å². The number of fused-ring (bicyclic) bond motifs is 8. The van der Waals surface area contributed by atoms with Gasteiger partial charge < -0.3 is 39.1 Å². The number of hydrogen-bond donors (Lipinski definition) is 2. The van der Waals surface area contributed by atoms with Crippen molar-refractivity contribution in [3.63, 3.8) is 0 Å². The molecular weight excluding hydrogens is 917 g/mol. The average Bonchev–Trinajstić information content (AvgIpc) is 3.90. The molecule has 10 aromatic rings. The van der Waals surface area contributed by atoms with E-state index in [1.807, 2.05) is 133 Å². The van der Waals surface area contributed by atoms with E-state index in [1.54, 1.807) is 12.1 Å². The van der Waals surface area contributed by atoms with Crippen molar-refractivity contribution in [2.45, 2.75) is 0 Å². The van der Waals surface area contributed by atoms with Crippen LogP contribution in [0.4, 0.5) is 0 Å². The van der Waals surface area contributed by atoms with Gasteiger partial charge in [-0.3, -0.25) is 9.59 Å². The molecule has 11 nitrogen and oxygen atoms in total.